The van der Waals surface area contributed by atoms with Crippen LogP contribution in [0.3, 0.4) is 0 Å². The van der Waals surface area contributed by atoms with Gasteiger partial charge in [-0.15, -0.1) is 0 Å². The van der Waals surface area contributed by atoms with E-state index in [0.29, 0.717) is 27.0 Å². The highest BCUT2D eigenvalue weighted by atomic mass is 79.9. The zero-order valence-electron chi connectivity index (χ0n) is 10.5. The molecule has 0 atom stereocenters. The summed E-state index contributed by atoms with van der Waals surface area (Å²) in [5.41, 5.74) is 7.86. The number of aryl methyl sites for hydroxylation is 1. The summed E-state index contributed by atoms with van der Waals surface area (Å²) < 4.78 is 0.726. The molecule has 0 radical (unpaired) electrons. The molecular weight excluding hydrogens is 363 g/mol. The zero-order valence-corrected chi connectivity index (χ0v) is 13.6. The predicted octanol–water partition coefficient (Wildman–Crippen LogP) is 4.90. The maximum atomic E-state index is 12.2. The summed E-state index contributed by atoms with van der Waals surface area (Å²) in [6.07, 6.45) is 0. The number of benzene rings is 2. The Bertz CT molecular complexity index is 669. The summed E-state index contributed by atoms with van der Waals surface area (Å²) in [7, 11) is 0. The molecule has 0 saturated heterocycles. The Morgan fingerprint density at radius 1 is 1.25 bits per heavy atom. The molecule has 0 bridgehead atoms. The SMILES string of the molecule is Cc1ccc(Cl)c(NC(=O)c2cc(N)cc(Br)c2)c1Cl. The molecule has 0 fully saturated rings. The van der Waals surface area contributed by atoms with Gasteiger partial charge >= 0.3 is 0 Å². The fourth-order valence-corrected chi connectivity index (χ4v) is 2.68. The average Bonchev–Trinajstić information content (AvgIpc) is 2.38. The lowest BCUT2D eigenvalue weighted by molar-refractivity contribution is 0.102. The molecule has 6 heteroatoms. The van der Waals surface area contributed by atoms with E-state index >= 15 is 0 Å². The monoisotopic (exact) mass is 372 g/mol. The van der Waals surface area contributed by atoms with Gasteiger partial charge in [0.05, 0.1) is 15.7 Å². The average molecular weight is 374 g/mol. The van der Waals surface area contributed by atoms with Crippen molar-refractivity contribution in [2.45, 2.75) is 6.92 Å². The van der Waals surface area contributed by atoms with Crippen LogP contribution in [-0.2, 0) is 0 Å². The van der Waals surface area contributed by atoms with Crippen molar-refractivity contribution in [3.8, 4) is 0 Å². The summed E-state index contributed by atoms with van der Waals surface area (Å²) in [6.45, 7) is 1.84. The number of carbonyl (C=O) groups is 1. The van der Waals surface area contributed by atoms with E-state index in [2.05, 4.69) is 21.2 Å². The van der Waals surface area contributed by atoms with Gasteiger partial charge in [-0.1, -0.05) is 45.2 Å². The van der Waals surface area contributed by atoms with Crippen LogP contribution in [0.2, 0.25) is 10.0 Å². The maximum Gasteiger partial charge on any atom is 0.255 e. The van der Waals surface area contributed by atoms with E-state index in [4.69, 9.17) is 28.9 Å². The smallest absolute Gasteiger partial charge is 0.255 e. The lowest BCUT2D eigenvalue weighted by atomic mass is 10.1. The van der Waals surface area contributed by atoms with Gasteiger partial charge in [-0.25, -0.2) is 0 Å². The summed E-state index contributed by atoms with van der Waals surface area (Å²) in [5, 5.41) is 3.52. The first-order valence-corrected chi connectivity index (χ1v) is 7.25. The number of nitrogen functional groups attached to an aromatic ring is 1. The molecule has 3 nitrogen and oxygen atoms in total. The second-order valence-corrected chi connectivity index (χ2v) is 5.98. The third-order valence-electron chi connectivity index (χ3n) is 2.71. The number of hydrogen-bond donors (Lipinski definition) is 2. The minimum Gasteiger partial charge on any atom is -0.399 e. The number of halogens is 3. The number of carbonyl (C=O) groups excluding carboxylic acids is 1. The number of amides is 1. The van der Waals surface area contributed by atoms with Crippen LogP contribution >= 0.6 is 39.1 Å². The first-order valence-electron chi connectivity index (χ1n) is 5.70. The molecule has 0 heterocycles. The van der Waals surface area contributed by atoms with E-state index < -0.39 is 0 Å². The summed E-state index contributed by atoms with van der Waals surface area (Å²) in [6, 6.07) is 8.44. The highest BCUT2D eigenvalue weighted by Crippen LogP contribution is 2.33. The lowest BCUT2D eigenvalue weighted by Gasteiger charge is -2.11. The lowest BCUT2D eigenvalue weighted by Crippen LogP contribution is -2.13. The minimum absolute atomic E-state index is 0.326. The van der Waals surface area contributed by atoms with Gasteiger partial charge in [0.1, 0.15) is 0 Å². The summed E-state index contributed by atoms with van der Waals surface area (Å²) in [5.74, 6) is -0.326. The summed E-state index contributed by atoms with van der Waals surface area (Å²) >= 11 is 15.5. The van der Waals surface area contributed by atoms with Gasteiger partial charge in [0.25, 0.3) is 5.91 Å². The quantitative estimate of drug-likeness (QED) is 0.735. The van der Waals surface area contributed by atoms with Crippen molar-refractivity contribution in [1.82, 2.24) is 0 Å². The highest BCUT2D eigenvalue weighted by molar-refractivity contribution is 9.10. The van der Waals surface area contributed by atoms with E-state index in [1.54, 1.807) is 30.3 Å². The van der Waals surface area contributed by atoms with Crippen LogP contribution in [0.5, 0.6) is 0 Å². The minimum atomic E-state index is -0.326. The molecule has 0 aliphatic heterocycles. The van der Waals surface area contributed by atoms with Crippen LogP contribution < -0.4 is 11.1 Å². The van der Waals surface area contributed by atoms with Crippen LogP contribution in [0, 0.1) is 6.92 Å². The van der Waals surface area contributed by atoms with Crippen LogP contribution in [0.25, 0.3) is 0 Å². The third kappa shape index (κ3) is 3.26. The molecule has 3 N–H and O–H groups in total. The maximum absolute atomic E-state index is 12.2. The number of rotatable bonds is 2. The van der Waals surface area contributed by atoms with Crippen molar-refractivity contribution in [3.05, 3.63) is 56.0 Å². The molecule has 2 rings (SSSR count). The Morgan fingerprint density at radius 3 is 2.60 bits per heavy atom. The topological polar surface area (TPSA) is 55.1 Å². The molecule has 0 aliphatic carbocycles. The number of anilines is 2. The largest absolute Gasteiger partial charge is 0.399 e. The van der Waals surface area contributed by atoms with E-state index in [1.807, 2.05) is 6.92 Å². The van der Waals surface area contributed by atoms with Crippen LogP contribution in [0.1, 0.15) is 15.9 Å². The number of nitrogens with one attached hydrogen (secondary N) is 1. The molecule has 104 valence electrons. The molecular formula is C14H11BrCl2N2O. The number of hydrogen-bond acceptors (Lipinski definition) is 2. The molecule has 0 saturated carbocycles. The van der Waals surface area contributed by atoms with Crippen LogP contribution in [-0.4, -0.2) is 5.91 Å². The predicted molar refractivity (Wildman–Crippen MR) is 87.7 cm³/mol. The van der Waals surface area contributed by atoms with Crippen molar-refractivity contribution >= 4 is 56.4 Å². The Morgan fingerprint density at radius 2 is 1.95 bits per heavy atom. The number of nitrogens with two attached hydrogens (primary N) is 1. The van der Waals surface area contributed by atoms with Gasteiger partial charge < -0.3 is 11.1 Å². The molecule has 0 aromatic heterocycles. The van der Waals surface area contributed by atoms with Crippen molar-refractivity contribution < 1.29 is 4.79 Å². The van der Waals surface area contributed by atoms with Gasteiger partial charge in [0.15, 0.2) is 0 Å². The van der Waals surface area contributed by atoms with Crippen LogP contribution in [0.15, 0.2) is 34.8 Å². The molecule has 0 aliphatic rings. The molecule has 1 amide bonds. The first-order chi connectivity index (χ1) is 9.38. The van der Waals surface area contributed by atoms with Crippen molar-refractivity contribution in [1.29, 1.82) is 0 Å². The van der Waals surface area contributed by atoms with Crippen molar-refractivity contribution in [2.24, 2.45) is 0 Å². The Labute approximate surface area is 135 Å². The first kappa shape index (κ1) is 15.2. The highest BCUT2D eigenvalue weighted by Gasteiger charge is 2.14. The summed E-state index contributed by atoms with van der Waals surface area (Å²) in [4.78, 5) is 12.2. The van der Waals surface area contributed by atoms with Gasteiger partial charge in [-0.3, -0.25) is 4.79 Å². The van der Waals surface area contributed by atoms with E-state index in [1.165, 1.54) is 0 Å². The van der Waals surface area contributed by atoms with Gasteiger partial charge in [0.2, 0.25) is 0 Å². The molecule has 0 spiro atoms. The van der Waals surface area contributed by atoms with Gasteiger partial charge in [-0.05, 0) is 36.8 Å². The second kappa shape index (κ2) is 6.04. The van der Waals surface area contributed by atoms with E-state index in [0.717, 1.165) is 10.0 Å². The molecule has 2 aromatic rings. The second-order valence-electron chi connectivity index (χ2n) is 4.28. The van der Waals surface area contributed by atoms with E-state index in [9.17, 15) is 4.79 Å². The van der Waals surface area contributed by atoms with Gasteiger partial charge in [0, 0.05) is 15.7 Å². The van der Waals surface area contributed by atoms with Crippen molar-refractivity contribution in [3.63, 3.8) is 0 Å². The molecule has 2 aromatic carbocycles. The van der Waals surface area contributed by atoms with Crippen molar-refractivity contribution in [2.75, 3.05) is 11.1 Å². The Hall–Kier alpha value is -1.23. The zero-order chi connectivity index (χ0) is 14.9. The van der Waals surface area contributed by atoms with Gasteiger partial charge in [-0.2, -0.15) is 0 Å². The molecule has 20 heavy (non-hydrogen) atoms. The fraction of sp³-hybridized carbons (Fsp3) is 0.0714. The van der Waals surface area contributed by atoms with Crippen LogP contribution in [0.4, 0.5) is 11.4 Å². The fourth-order valence-electron chi connectivity index (χ4n) is 1.70. The standard InChI is InChI=1S/C14H11BrCl2N2O/c1-7-2-3-11(16)13(12(7)17)19-14(20)8-4-9(15)6-10(18)5-8/h2-6H,18H2,1H3,(H,19,20). The Kier molecular flexibility index (Phi) is 4.58. The van der Waals surface area contributed by atoms with E-state index in [-0.39, 0.29) is 5.91 Å². The Balaban J connectivity index is 2.35. The molecule has 0 unspecified atom stereocenters. The normalized spacial score (nSPS) is 10.4. The third-order valence-corrected chi connectivity index (χ3v) is 3.96.